The lowest BCUT2D eigenvalue weighted by Crippen LogP contribution is -2.45. The fourth-order valence-electron chi connectivity index (χ4n) is 2.57. The number of para-hydroxylation sites is 1. The fourth-order valence-corrected chi connectivity index (χ4v) is 3.78. The van der Waals surface area contributed by atoms with Gasteiger partial charge in [-0.2, -0.15) is 0 Å². The topological polar surface area (TPSA) is 32.3 Å². The number of carbonyl (C=O) groups excluding carboxylic acids is 1. The first-order valence-corrected chi connectivity index (χ1v) is 8.51. The third-order valence-electron chi connectivity index (χ3n) is 3.82. The molecule has 0 aromatic heterocycles. The number of anilines is 1. The summed E-state index contributed by atoms with van der Waals surface area (Å²) in [6.45, 7) is 3.49. The highest BCUT2D eigenvalue weighted by Gasteiger charge is 2.27. The molecule has 0 spiro atoms. The highest BCUT2D eigenvalue weighted by molar-refractivity contribution is 8.00. The first-order chi connectivity index (χ1) is 10.8. The number of benzene rings is 2. The van der Waals surface area contributed by atoms with Crippen molar-refractivity contribution < 1.29 is 4.79 Å². The molecule has 1 heterocycles. The van der Waals surface area contributed by atoms with Gasteiger partial charge in [0.05, 0.1) is 5.69 Å². The molecule has 0 fully saturated rings. The van der Waals surface area contributed by atoms with E-state index in [1.165, 1.54) is 4.90 Å². The van der Waals surface area contributed by atoms with Crippen molar-refractivity contribution in [2.45, 2.75) is 30.0 Å². The van der Waals surface area contributed by atoms with E-state index in [1.807, 2.05) is 65.2 Å². The Balaban J connectivity index is 1.74. The standard InChI is InChI=1S/C18H20N2OS/c1-2-15-13-20(16-10-6-7-11-17(16)22-15)18(21)19-12-14-8-4-3-5-9-14/h3-11,15H,2,12-13H2,1H3,(H,19,21)/t15-/m1/s1. The summed E-state index contributed by atoms with van der Waals surface area (Å²) in [5.41, 5.74) is 2.13. The van der Waals surface area contributed by atoms with Crippen LogP contribution < -0.4 is 10.2 Å². The van der Waals surface area contributed by atoms with Gasteiger partial charge in [0.15, 0.2) is 0 Å². The Bertz CT molecular complexity index is 645. The minimum absolute atomic E-state index is 0.0185. The molecular weight excluding hydrogens is 292 g/mol. The third-order valence-corrected chi connectivity index (χ3v) is 5.24. The Hall–Kier alpha value is -1.94. The van der Waals surface area contributed by atoms with Crippen LogP contribution in [0.15, 0.2) is 59.5 Å². The molecule has 22 heavy (non-hydrogen) atoms. The Morgan fingerprint density at radius 2 is 1.91 bits per heavy atom. The summed E-state index contributed by atoms with van der Waals surface area (Å²) < 4.78 is 0. The van der Waals surface area contributed by atoms with Crippen molar-refractivity contribution in [1.82, 2.24) is 5.32 Å². The number of urea groups is 1. The van der Waals surface area contributed by atoms with Crippen molar-refractivity contribution in [1.29, 1.82) is 0 Å². The van der Waals surface area contributed by atoms with Gasteiger partial charge in [0.25, 0.3) is 0 Å². The second kappa shape index (κ2) is 6.88. The van der Waals surface area contributed by atoms with E-state index in [0.29, 0.717) is 11.8 Å². The van der Waals surface area contributed by atoms with Crippen LogP contribution in [-0.2, 0) is 6.54 Å². The molecule has 1 N–H and O–H groups in total. The second-order valence-corrected chi connectivity index (χ2v) is 6.71. The van der Waals surface area contributed by atoms with E-state index in [4.69, 9.17) is 0 Å². The van der Waals surface area contributed by atoms with Crippen molar-refractivity contribution >= 4 is 23.5 Å². The van der Waals surface area contributed by atoms with Crippen LogP contribution in [0.5, 0.6) is 0 Å². The molecule has 1 atom stereocenters. The maximum Gasteiger partial charge on any atom is 0.322 e. The van der Waals surface area contributed by atoms with Gasteiger partial charge >= 0.3 is 6.03 Å². The molecule has 0 radical (unpaired) electrons. The first-order valence-electron chi connectivity index (χ1n) is 7.63. The van der Waals surface area contributed by atoms with Crippen molar-refractivity contribution in [2.24, 2.45) is 0 Å². The van der Waals surface area contributed by atoms with Gasteiger partial charge in [0, 0.05) is 23.2 Å². The summed E-state index contributed by atoms with van der Waals surface area (Å²) >= 11 is 1.87. The van der Waals surface area contributed by atoms with Crippen molar-refractivity contribution in [2.75, 3.05) is 11.4 Å². The Labute approximate surface area is 135 Å². The van der Waals surface area contributed by atoms with Gasteiger partial charge in [-0.1, -0.05) is 49.4 Å². The molecule has 1 aliphatic rings. The molecule has 1 aliphatic heterocycles. The van der Waals surface area contributed by atoms with E-state index >= 15 is 0 Å². The van der Waals surface area contributed by atoms with Gasteiger partial charge in [0.1, 0.15) is 0 Å². The van der Waals surface area contributed by atoms with Crippen molar-refractivity contribution in [3.8, 4) is 0 Å². The monoisotopic (exact) mass is 312 g/mol. The minimum Gasteiger partial charge on any atom is -0.334 e. The maximum absolute atomic E-state index is 12.6. The summed E-state index contributed by atoms with van der Waals surface area (Å²) in [5.74, 6) is 0. The SMILES string of the molecule is CC[C@@H]1CN(C(=O)NCc2ccccc2)c2ccccc2S1. The van der Waals surface area contributed by atoms with E-state index in [-0.39, 0.29) is 6.03 Å². The average Bonchev–Trinajstić information content (AvgIpc) is 2.59. The number of carbonyl (C=O) groups is 1. The minimum atomic E-state index is -0.0185. The predicted octanol–water partition coefficient (Wildman–Crippen LogP) is 4.29. The molecular formula is C18H20N2OS. The highest BCUT2D eigenvalue weighted by atomic mass is 32.2. The van der Waals surface area contributed by atoms with Crippen LogP contribution in [0.1, 0.15) is 18.9 Å². The molecule has 114 valence electrons. The quantitative estimate of drug-likeness (QED) is 0.917. The largest absolute Gasteiger partial charge is 0.334 e. The molecule has 0 unspecified atom stereocenters. The van der Waals surface area contributed by atoms with E-state index in [1.54, 1.807) is 0 Å². The van der Waals surface area contributed by atoms with Gasteiger partial charge in [0.2, 0.25) is 0 Å². The van der Waals surface area contributed by atoms with Gasteiger partial charge in [-0.3, -0.25) is 4.90 Å². The molecule has 2 amide bonds. The molecule has 2 aromatic carbocycles. The summed E-state index contributed by atoms with van der Waals surface area (Å²) in [6.07, 6.45) is 1.06. The lowest BCUT2D eigenvalue weighted by molar-refractivity contribution is 0.245. The number of amides is 2. The van der Waals surface area contributed by atoms with Gasteiger partial charge in [-0.15, -0.1) is 11.8 Å². The predicted molar refractivity (Wildman–Crippen MR) is 92.4 cm³/mol. The molecule has 4 heteroatoms. The highest BCUT2D eigenvalue weighted by Crippen LogP contribution is 2.39. The lowest BCUT2D eigenvalue weighted by atomic mass is 10.2. The second-order valence-electron chi connectivity index (χ2n) is 5.37. The van der Waals surface area contributed by atoms with Crippen LogP contribution in [-0.4, -0.2) is 17.8 Å². The molecule has 0 bridgehead atoms. The third kappa shape index (κ3) is 3.28. The molecule has 2 aromatic rings. The number of fused-ring (bicyclic) bond motifs is 1. The number of thioether (sulfide) groups is 1. The molecule has 0 saturated carbocycles. The number of hydrogen-bond acceptors (Lipinski definition) is 2. The normalized spacial score (nSPS) is 17.0. The summed E-state index contributed by atoms with van der Waals surface area (Å²) in [7, 11) is 0. The summed E-state index contributed by atoms with van der Waals surface area (Å²) in [4.78, 5) is 15.7. The number of rotatable bonds is 3. The maximum atomic E-state index is 12.6. The Morgan fingerprint density at radius 1 is 1.18 bits per heavy atom. The van der Waals surface area contributed by atoms with Gasteiger partial charge in [-0.25, -0.2) is 4.79 Å². The number of hydrogen-bond donors (Lipinski definition) is 1. The molecule has 3 rings (SSSR count). The fraction of sp³-hybridized carbons (Fsp3) is 0.278. The zero-order valence-electron chi connectivity index (χ0n) is 12.7. The zero-order chi connectivity index (χ0) is 15.4. The van der Waals surface area contributed by atoms with E-state index in [0.717, 1.165) is 24.2 Å². The number of nitrogens with zero attached hydrogens (tertiary/aromatic N) is 1. The van der Waals surface area contributed by atoms with E-state index in [2.05, 4.69) is 18.3 Å². The van der Waals surface area contributed by atoms with Crippen LogP contribution in [0.4, 0.5) is 10.5 Å². The zero-order valence-corrected chi connectivity index (χ0v) is 13.5. The van der Waals surface area contributed by atoms with Crippen molar-refractivity contribution in [3.63, 3.8) is 0 Å². The summed E-state index contributed by atoms with van der Waals surface area (Å²) in [6, 6.07) is 18.1. The Kier molecular flexibility index (Phi) is 4.68. The van der Waals surface area contributed by atoms with Crippen molar-refractivity contribution in [3.05, 3.63) is 60.2 Å². The van der Waals surface area contributed by atoms with Crippen LogP contribution >= 0.6 is 11.8 Å². The lowest BCUT2D eigenvalue weighted by Gasteiger charge is -2.33. The van der Waals surface area contributed by atoms with Crippen LogP contribution in [0.25, 0.3) is 0 Å². The van der Waals surface area contributed by atoms with Crippen LogP contribution in [0.2, 0.25) is 0 Å². The Morgan fingerprint density at radius 3 is 2.68 bits per heavy atom. The number of nitrogens with one attached hydrogen (secondary N) is 1. The van der Waals surface area contributed by atoms with Gasteiger partial charge in [-0.05, 0) is 24.1 Å². The van der Waals surface area contributed by atoms with Crippen LogP contribution in [0, 0.1) is 0 Å². The first kappa shape index (κ1) is 15.0. The molecule has 0 saturated heterocycles. The summed E-state index contributed by atoms with van der Waals surface area (Å²) in [5, 5.41) is 3.49. The molecule has 0 aliphatic carbocycles. The smallest absolute Gasteiger partial charge is 0.322 e. The van der Waals surface area contributed by atoms with E-state index < -0.39 is 0 Å². The van der Waals surface area contributed by atoms with Crippen LogP contribution in [0.3, 0.4) is 0 Å². The average molecular weight is 312 g/mol. The molecule has 3 nitrogen and oxygen atoms in total. The van der Waals surface area contributed by atoms with E-state index in [9.17, 15) is 4.79 Å². The van der Waals surface area contributed by atoms with Gasteiger partial charge < -0.3 is 5.32 Å².